The molecule has 62 valence electrons. The van der Waals surface area contributed by atoms with E-state index in [9.17, 15) is 4.79 Å². The summed E-state index contributed by atoms with van der Waals surface area (Å²) in [7, 11) is 0. The number of alkyl halides is 1. The Hall–Kier alpha value is -0.460. The summed E-state index contributed by atoms with van der Waals surface area (Å²) in [5.74, 6) is -1.83. The Morgan fingerprint density at radius 3 is 2.55 bits per heavy atom. The number of carbonyl (C=O) groups is 1. The molecule has 5 heteroatoms. The summed E-state index contributed by atoms with van der Waals surface area (Å²) in [5.41, 5.74) is 0. The second kappa shape index (κ2) is 3.29. The van der Waals surface area contributed by atoms with Gasteiger partial charge < -0.3 is 14.9 Å². The fraction of sp³-hybridized carbons (Fsp3) is 0.500. The molecule has 0 aromatic carbocycles. The van der Waals surface area contributed by atoms with E-state index in [2.05, 4.69) is 27.3 Å². The van der Waals surface area contributed by atoms with E-state index in [4.69, 9.17) is 10.2 Å². The number of aliphatic hydroxyl groups excluding tert-OH is 2. The van der Waals surface area contributed by atoms with Gasteiger partial charge in [-0.05, 0) is 0 Å². The second-order valence-corrected chi connectivity index (χ2v) is 3.18. The van der Waals surface area contributed by atoms with Crippen LogP contribution in [0.25, 0.3) is 0 Å². The number of rotatable bonds is 2. The number of hydrogen-bond acceptors (Lipinski definition) is 4. The minimum absolute atomic E-state index is 0.341. The lowest BCUT2D eigenvalue weighted by atomic mass is 10.2. The summed E-state index contributed by atoms with van der Waals surface area (Å²) < 4.78 is 5.37. The number of ether oxygens (including phenoxy) is 1. The molecule has 0 aliphatic carbocycles. The van der Waals surface area contributed by atoms with Gasteiger partial charge in [-0.3, -0.25) is 0 Å². The topological polar surface area (TPSA) is 66.8 Å². The van der Waals surface area contributed by atoms with Crippen LogP contribution >= 0.6 is 22.6 Å². The number of cyclic esters (lactones) is 1. The van der Waals surface area contributed by atoms with Crippen LogP contribution in [0.5, 0.6) is 0 Å². The van der Waals surface area contributed by atoms with Crippen LogP contribution in [0.1, 0.15) is 6.42 Å². The SMILES string of the molecule is O=C1OC(CCI)C(O)=C1O. The molecule has 0 saturated heterocycles. The maximum Gasteiger partial charge on any atom is 0.377 e. The van der Waals surface area contributed by atoms with Crippen molar-refractivity contribution in [3.8, 4) is 0 Å². The Morgan fingerprint density at radius 1 is 1.55 bits per heavy atom. The van der Waals surface area contributed by atoms with Gasteiger partial charge in [-0.15, -0.1) is 0 Å². The van der Waals surface area contributed by atoms with E-state index >= 15 is 0 Å². The average molecular weight is 270 g/mol. The Balaban J connectivity index is 2.69. The molecule has 11 heavy (non-hydrogen) atoms. The maximum atomic E-state index is 10.6. The van der Waals surface area contributed by atoms with Crippen molar-refractivity contribution >= 4 is 28.6 Å². The zero-order valence-corrected chi connectivity index (χ0v) is 7.74. The van der Waals surface area contributed by atoms with E-state index in [0.717, 1.165) is 4.43 Å². The van der Waals surface area contributed by atoms with Crippen molar-refractivity contribution in [2.24, 2.45) is 0 Å². The molecule has 1 heterocycles. The standard InChI is InChI=1S/C6H7IO4/c7-2-1-3-4(8)5(9)6(10)11-3/h3,8-9H,1-2H2. The van der Waals surface area contributed by atoms with Crippen LogP contribution in [0.4, 0.5) is 0 Å². The Kier molecular flexibility index (Phi) is 2.58. The van der Waals surface area contributed by atoms with Gasteiger partial charge in [0.1, 0.15) is 0 Å². The fourth-order valence-electron chi connectivity index (χ4n) is 0.793. The molecule has 1 unspecified atom stereocenters. The first kappa shape index (κ1) is 8.63. The summed E-state index contributed by atoms with van der Waals surface area (Å²) >= 11 is 2.09. The third-order valence-electron chi connectivity index (χ3n) is 1.36. The molecule has 4 nitrogen and oxygen atoms in total. The van der Waals surface area contributed by atoms with Crippen molar-refractivity contribution < 1.29 is 19.7 Å². The van der Waals surface area contributed by atoms with Crippen molar-refractivity contribution in [2.45, 2.75) is 12.5 Å². The van der Waals surface area contributed by atoms with Crippen LogP contribution < -0.4 is 0 Å². The number of halogens is 1. The summed E-state index contributed by atoms with van der Waals surface area (Å²) in [5, 5.41) is 17.9. The molecule has 0 fully saturated rings. The molecule has 0 aromatic rings. The molecular formula is C6H7IO4. The molecule has 0 spiro atoms. The number of esters is 1. The Labute approximate surface area is 77.0 Å². The first-order valence-electron chi connectivity index (χ1n) is 3.06. The molecule has 1 rings (SSSR count). The zero-order valence-electron chi connectivity index (χ0n) is 5.58. The van der Waals surface area contributed by atoms with Crippen molar-refractivity contribution in [1.82, 2.24) is 0 Å². The van der Waals surface area contributed by atoms with E-state index in [-0.39, 0.29) is 5.76 Å². The van der Waals surface area contributed by atoms with Crippen LogP contribution in [-0.4, -0.2) is 26.7 Å². The highest BCUT2D eigenvalue weighted by Crippen LogP contribution is 2.21. The molecule has 1 aliphatic heterocycles. The van der Waals surface area contributed by atoms with Gasteiger partial charge in [0.25, 0.3) is 0 Å². The Bertz CT molecular complexity index is 211. The van der Waals surface area contributed by atoms with Gasteiger partial charge in [0.2, 0.25) is 5.76 Å². The Morgan fingerprint density at radius 2 is 2.18 bits per heavy atom. The van der Waals surface area contributed by atoms with Gasteiger partial charge in [-0.25, -0.2) is 4.79 Å². The van der Waals surface area contributed by atoms with Crippen molar-refractivity contribution in [3.05, 3.63) is 11.5 Å². The highest BCUT2D eigenvalue weighted by Gasteiger charge is 2.33. The van der Waals surface area contributed by atoms with E-state index in [1.807, 2.05) is 0 Å². The van der Waals surface area contributed by atoms with Crippen LogP contribution in [0.3, 0.4) is 0 Å². The predicted octanol–water partition coefficient (Wildman–Crippen LogP) is 1.06. The first-order valence-corrected chi connectivity index (χ1v) is 4.58. The zero-order chi connectivity index (χ0) is 8.43. The highest BCUT2D eigenvalue weighted by atomic mass is 127. The quantitative estimate of drug-likeness (QED) is 0.447. The van der Waals surface area contributed by atoms with Gasteiger partial charge in [0, 0.05) is 10.8 Å². The summed E-state index contributed by atoms with van der Waals surface area (Å²) in [6.45, 7) is 0. The lowest BCUT2D eigenvalue weighted by Crippen LogP contribution is -2.11. The van der Waals surface area contributed by atoms with E-state index in [0.29, 0.717) is 6.42 Å². The molecule has 0 amide bonds. The van der Waals surface area contributed by atoms with Crippen molar-refractivity contribution in [3.63, 3.8) is 0 Å². The van der Waals surface area contributed by atoms with Crippen LogP contribution in [0, 0.1) is 0 Å². The summed E-state index contributed by atoms with van der Waals surface area (Å²) in [6.07, 6.45) is -0.109. The average Bonchev–Trinajstić information content (AvgIpc) is 2.19. The van der Waals surface area contributed by atoms with Crippen molar-refractivity contribution in [1.29, 1.82) is 0 Å². The van der Waals surface area contributed by atoms with Crippen molar-refractivity contribution in [2.75, 3.05) is 4.43 Å². The molecule has 0 radical (unpaired) electrons. The molecule has 0 bridgehead atoms. The van der Waals surface area contributed by atoms with Crippen LogP contribution in [0.15, 0.2) is 11.5 Å². The second-order valence-electron chi connectivity index (χ2n) is 2.11. The summed E-state index contributed by atoms with van der Waals surface area (Å²) in [6, 6.07) is 0. The third-order valence-corrected chi connectivity index (χ3v) is 1.98. The third kappa shape index (κ3) is 1.58. The molecule has 1 atom stereocenters. The van der Waals surface area contributed by atoms with E-state index in [1.54, 1.807) is 0 Å². The minimum Gasteiger partial charge on any atom is -0.505 e. The largest absolute Gasteiger partial charge is 0.505 e. The lowest BCUT2D eigenvalue weighted by molar-refractivity contribution is -0.142. The highest BCUT2D eigenvalue weighted by molar-refractivity contribution is 14.1. The van der Waals surface area contributed by atoms with Gasteiger partial charge in [-0.2, -0.15) is 0 Å². The fourth-order valence-corrected chi connectivity index (χ4v) is 1.36. The van der Waals surface area contributed by atoms with Gasteiger partial charge in [-0.1, -0.05) is 22.6 Å². The maximum absolute atomic E-state index is 10.6. The number of carbonyl (C=O) groups excluding carboxylic acids is 1. The number of hydrogen-bond donors (Lipinski definition) is 2. The smallest absolute Gasteiger partial charge is 0.377 e. The summed E-state index contributed by atoms with van der Waals surface area (Å²) in [4.78, 5) is 10.6. The van der Waals surface area contributed by atoms with Crippen LogP contribution in [0.2, 0.25) is 0 Å². The molecule has 1 aliphatic rings. The first-order chi connectivity index (χ1) is 5.16. The predicted molar refractivity (Wildman–Crippen MR) is 45.7 cm³/mol. The molecular weight excluding hydrogens is 263 g/mol. The molecule has 2 N–H and O–H groups in total. The van der Waals surface area contributed by atoms with Crippen LogP contribution in [-0.2, 0) is 9.53 Å². The number of aliphatic hydroxyl groups is 2. The van der Waals surface area contributed by atoms with Gasteiger partial charge in [0.15, 0.2) is 11.9 Å². The minimum atomic E-state index is -0.836. The van der Waals surface area contributed by atoms with E-state index < -0.39 is 17.8 Å². The molecule has 0 saturated carbocycles. The van der Waals surface area contributed by atoms with E-state index in [1.165, 1.54) is 0 Å². The lowest BCUT2D eigenvalue weighted by Gasteiger charge is -2.05. The monoisotopic (exact) mass is 270 g/mol. The van der Waals surface area contributed by atoms with Gasteiger partial charge >= 0.3 is 5.97 Å². The van der Waals surface area contributed by atoms with Gasteiger partial charge in [0.05, 0.1) is 0 Å². The molecule has 0 aromatic heterocycles. The normalized spacial score (nSPS) is 24.1.